The van der Waals surface area contributed by atoms with E-state index in [0.29, 0.717) is 17.8 Å². The van der Waals surface area contributed by atoms with Gasteiger partial charge in [0.1, 0.15) is 0 Å². The molecule has 0 heterocycles. The Hall–Kier alpha value is -1.88. The molecule has 0 spiro atoms. The van der Waals surface area contributed by atoms with Crippen LogP contribution in [0.4, 0.5) is 11.4 Å². The zero-order valence-corrected chi connectivity index (χ0v) is 7.51. The lowest BCUT2D eigenvalue weighted by Gasteiger charge is -1.98. The smallest absolute Gasteiger partial charge is 0.278 e. The van der Waals surface area contributed by atoms with Gasteiger partial charge in [0.2, 0.25) is 0 Å². The highest BCUT2D eigenvalue weighted by Gasteiger charge is 2.10. The SMILES string of the molecule is NCC=Cc1ccc(N)cc1[N+](=O)[O-]. The van der Waals surface area contributed by atoms with Crippen LogP contribution in [0.15, 0.2) is 24.3 Å². The van der Waals surface area contributed by atoms with Gasteiger partial charge in [0.25, 0.3) is 5.69 Å². The van der Waals surface area contributed by atoms with Gasteiger partial charge in [0.05, 0.1) is 10.5 Å². The summed E-state index contributed by atoms with van der Waals surface area (Å²) in [6.45, 7) is 0.349. The Kier molecular flexibility index (Phi) is 3.19. The van der Waals surface area contributed by atoms with Gasteiger partial charge < -0.3 is 11.5 Å². The van der Waals surface area contributed by atoms with Gasteiger partial charge >= 0.3 is 0 Å². The molecule has 0 aliphatic rings. The summed E-state index contributed by atoms with van der Waals surface area (Å²) >= 11 is 0. The van der Waals surface area contributed by atoms with E-state index in [1.165, 1.54) is 6.07 Å². The number of nitrogens with two attached hydrogens (primary N) is 2. The quantitative estimate of drug-likeness (QED) is 0.427. The highest BCUT2D eigenvalue weighted by atomic mass is 16.6. The topological polar surface area (TPSA) is 95.2 Å². The molecule has 1 aromatic rings. The van der Waals surface area contributed by atoms with Gasteiger partial charge in [-0.2, -0.15) is 0 Å². The zero-order chi connectivity index (χ0) is 10.6. The van der Waals surface area contributed by atoms with Gasteiger partial charge in [0.15, 0.2) is 0 Å². The minimum atomic E-state index is -0.466. The van der Waals surface area contributed by atoms with E-state index in [4.69, 9.17) is 11.5 Å². The van der Waals surface area contributed by atoms with Gasteiger partial charge in [-0.1, -0.05) is 12.2 Å². The fourth-order valence-corrected chi connectivity index (χ4v) is 1.05. The first-order chi connectivity index (χ1) is 6.65. The van der Waals surface area contributed by atoms with Crippen LogP contribution < -0.4 is 11.5 Å². The maximum absolute atomic E-state index is 10.6. The van der Waals surface area contributed by atoms with E-state index in [2.05, 4.69) is 0 Å². The molecular weight excluding hydrogens is 182 g/mol. The first-order valence-corrected chi connectivity index (χ1v) is 4.05. The Morgan fingerprint density at radius 1 is 1.50 bits per heavy atom. The number of rotatable bonds is 3. The molecule has 4 N–H and O–H groups in total. The van der Waals surface area contributed by atoms with E-state index >= 15 is 0 Å². The number of anilines is 1. The maximum Gasteiger partial charge on any atom is 0.278 e. The zero-order valence-electron chi connectivity index (χ0n) is 7.51. The largest absolute Gasteiger partial charge is 0.399 e. The minimum Gasteiger partial charge on any atom is -0.399 e. The second-order valence-corrected chi connectivity index (χ2v) is 2.71. The van der Waals surface area contributed by atoms with Gasteiger partial charge in [0, 0.05) is 18.3 Å². The molecule has 5 nitrogen and oxygen atoms in total. The molecule has 0 atom stereocenters. The van der Waals surface area contributed by atoms with Crippen molar-refractivity contribution in [2.45, 2.75) is 0 Å². The summed E-state index contributed by atoms with van der Waals surface area (Å²) in [4.78, 5) is 10.2. The fraction of sp³-hybridized carbons (Fsp3) is 0.111. The predicted molar refractivity (Wildman–Crippen MR) is 55.6 cm³/mol. The van der Waals surface area contributed by atoms with E-state index < -0.39 is 4.92 Å². The highest BCUT2D eigenvalue weighted by molar-refractivity contribution is 5.65. The van der Waals surface area contributed by atoms with Gasteiger partial charge in [-0.3, -0.25) is 10.1 Å². The summed E-state index contributed by atoms with van der Waals surface area (Å²) in [6.07, 6.45) is 3.26. The van der Waals surface area contributed by atoms with Crippen LogP contribution in [-0.2, 0) is 0 Å². The first kappa shape index (κ1) is 10.2. The average Bonchev–Trinajstić information content (AvgIpc) is 2.15. The van der Waals surface area contributed by atoms with Crippen LogP contribution in [0.3, 0.4) is 0 Å². The Balaban J connectivity index is 3.15. The van der Waals surface area contributed by atoms with Crippen molar-refractivity contribution >= 4 is 17.5 Å². The van der Waals surface area contributed by atoms with Crippen molar-refractivity contribution in [3.8, 4) is 0 Å². The molecule has 74 valence electrons. The van der Waals surface area contributed by atoms with Crippen LogP contribution >= 0.6 is 0 Å². The molecule has 14 heavy (non-hydrogen) atoms. The van der Waals surface area contributed by atoms with Crippen molar-refractivity contribution in [1.29, 1.82) is 0 Å². The molecule has 0 aromatic heterocycles. The van der Waals surface area contributed by atoms with Gasteiger partial charge in [-0.25, -0.2) is 0 Å². The Morgan fingerprint density at radius 3 is 2.79 bits per heavy atom. The van der Waals surface area contributed by atoms with Crippen LogP contribution in [0.25, 0.3) is 6.08 Å². The monoisotopic (exact) mass is 193 g/mol. The number of nitrogen functional groups attached to an aromatic ring is 1. The summed E-state index contributed by atoms with van der Waals surface area (Å²) in [6, 6.07) is 4.54. The lowest BCUT2D eigenvalue weighted by molar-refractivity contribution is -0.385. The standard InChI is InChI=1S/C9H11N3O2/c10-5-1-2-7-3-4-8(11)6-9(7)12(13)14/h1-4,6H,5,10-11H2. The van der Waals surface area contributed by atoms with Gasteiger partial charge in [-0.15, -0.1) is 0 Å². The third-order valence-electron chi connectivity index (χ3n) is 1.68. The van der Waals surface area contributed by atoms with E-state index in [0.717, 1.165) is 0 Å². The summed E-state index contributed by atoms with van der Waals surface area (Å²) < 4.78 is 0. The maximum atomic E-state index is 10.6. The lowest BCUT2D eigenvalue weighted by atomic mass is 10.1. The number of hydrogen-bond donors (Lipinski definition) is 2. The molecule has 0 aliphatic carbocycles. The van der Waals surface area contributed by atoms with E-state index in [1.807, 2.05) is 0 Å². The average molecular weight is 193 g/mol. The van der Waals surface area contributed by atoms with Crippen molar-refractivity contribution in [2.75, 3.05) is 12.3 Å². The summed E-state index contributed by atoms with van der Waals surface area (Å²) in [7, 11) is 0. The van der Waals surface area contributed by atoms with E-state index in [1.54, 1.807) is 24.3 Å². The van der Waals surface area contributed by atoms with Crippen molar-refractivity contribution in [2.24, 2.45) is 5.73 Å². The molecule has 0 aliphatic heterocycles. The summed E-state index contributed by atoms with van der Waals surface area (Å²) in [5.41, 5.74) is 11.6. The van der Waals surface area contributed by atoms with Crippen molar-refractivity contribution in [3.63, 3.8) is 0 Å². The molecule has 0 unspecified atom stereocenters. The minimum absolute atomic E-state index is 0.00491. The molecule has 1 rings (SSSR count). The molecule has 0 radical (unpaired) electrons. The molecule has 5 heteroatoms. The summed E-state index contributed by atoms with van der Waals surface area (Å²) in [5, 5.41) is 10.6. The van der Waals surface area contributed by atoms with Crippen LogP contribution in [0.2, 0.25) is 0 Å². The van der Waals surface area contributed by atoms with E-state index in [-0.39, 0.29) is 5.69 Å². The van der Waals surface area contributed by atoms with Crippen LogP contribution in [0, 0.1) is 10.1 Å². The molecule has 0 fully saturated rings. The molecule has 1 aromatic carbocycles. The van der Waals surface area contributed by atoms with Crippen molar-refractivity contribution in [1.82, 2.24) is 0 Å². The fourth-order valence-electron chi connectivity index (χ4n) is 1.05. The first-order valence-electron chi connectivity index (χ1n) is 4.05. The highest BCUT2D eigenvalue weighted by Crippen LogP contribution is 2.22. The third-order valence-corrected chi connectivity index (χ3v) is 1.68. The second kappa shape index (κ2) is 4.38. The molecule has 0 saturated carbocycles. The number of nitro benzene ring substituents is 1. The molecule has 0 bridgehead atoms. The van der Waals surface area contributed by atoms with Crippen molar-refractivity contribution in [3.05, 3.63) is 40.0 Å². The molecular formula is C9H11N3O2. The van der Waals surface area contributed by atoms with Crippen LogP contribution in [0.1, 0.15) is 5.56 Å². The number of hydrogen-bond acceptors (Lipinski definition) is 4. The number of nitrogens with zero attached hydrogens (tertiary/aromatic N) is 1. The Bertz CT molecular complexity index is 374. The van der Waals surface area contributed by atoms with Crippen LogP contribution in [0.5, 0.6) is 0 Å². The second-order valence-electron chi connectivity index (χ2n) is 2.71. The van der Waals surface area contributed by atoms with E-state index in [9.17, 15) is 10.1 Å². The molecule has 0 saturated heterocycles. The third kappa shape index (κ3) is 2.30. The van der Waals surface area contributed by atoms with Crippen LogP contribution in [-0.4, -0.2) is 11.5 Å². The normalized spacial score (nSPS) is 10.6. The predicted octanol–water partition coefficient (Wildman–Crippen LogP) is 1.15. The molecule has 0 amide bonds. The Labute approximate surface area is 81.2 Å². The number of nitro groups is 1. The summed E-state index contributed by atoms with van der Waals surface area (Å²) in [5.74, 6) is 0. The van der Waals surface area contributed by atoms with Gasteiger partial charge in [-0.05, 0) is 12.1 Å². The lowest BCUT2D eigenvalue weighted by Crippen LogP contribution is -1.95. The van der Waals surface area contributed by atoms with Crippen molar-refractivity contribution < 1.29 is 4.92 Å². The number of benzene rings is 1. The Morgan fingerprint density at radius 2 is 2.21 bits per heavy atom.